The minimum atomic E-state index is -1.06. The number of thiophene rings is 1. The Morgan fingerprint density at radius 3 is 3.00 bits per heavy atom. The van der Waals surface area contributed by atoms with E-state index in [0.29, 0.717) is 5.89 Å². The molecule has 7 heteroatoms. The molecular weight excluding hydrogens is 296 g/mol. The van der Waals surface area contributed by atoms with Gasteiger partial charge in [0.15, 0.2) is 0 Å². The molecule has 0 saturated heterocycles. The number of carboxylic acid groups (broad SMARTS) is 1. The van der Waals surface area contributed by atoms with Gasteiger partial charge in [-0.25, -0.2) is 4.79 Å². The van der Waals surface area contributed by atoms with Crippen LogP contribution in [0, 0.1) is 0 Å². The molecule has 0 amide bonds. The zero-order chi connectivity index (χ0) is 11.5. The van der Waals surface area contributed by atoms with Crippen molar-refractivity contribution in [3.8, 4) is 11.5 Å². The fraction of sp³-hybridized carbons (Fsp3) is 0. The molecule has 16 heavy (non-hydrogen) atoms. The summed E-state index contributed by atoms with van der Waals surface area (Å²) in [5.41, 5.74) is 0.805. The van der Waals surface area contributed by atoms with E-state index in [1.54, 1.807) is 0 Å². The number of halogens is 1. The molecular formula is C9H5BrN2O3S. The van der Waals surface area contributed by atoms with E-state index in [1.165, 1.54) is 17.4 Å². The van der Waals surface area contributed by atoms with E-state index < -0.39 is 5.97 Å². The van der Waals surface area contributed by atoms with Crippen LogP contribution < -0.4 is 0 Å². The topological polar surface area (TPSA) is 76.2 Å². The van der Waals surface area contributed by atoms with Crippen LogP contribution in [0.2, 0.25) is 0 Å². The Balaban J connectivity index is 2.23. The number of hydrogen-bond acceptors (Lipinski definition) is 5. The average Bonchev–Trinajstić information content (AvgIpc) is 2.83. The van der Waals surface area contributed by atoms with E-state index in [-0.39, 0.29) is 5.89 Å². The second kappa shape index (κ2) is 4.58. The minimum absolute atomic E-state index is 0.166. The molecule has 0 fully saturated rings. The molecule has 5 nitrogen and oxygen atoms in total. The highest BCUT2D eigenvalue weighted by molar-refractivity contribution is 9.11. The molecule has 0 aliphatic carbocycles. The molecule has 0 saturated carbocycles. The predicted octanol–water partition coefficient (Wildman–Crippen LogP) is 2.66. The maximum absolute atomic E-state index is 10.3. The number of carboxylic acids is 1. The largest absolute Gasteiger partial charge is 0.478 e. The third kappa shape index (κ3) is 2.56. The van der Waals surface area contributed by atoms with E-state index in [0.717, 1.165) is 15.4 Å². The quantitative estimate of drug-likeness (QED) is 0.882. The summed E-state index contributed by atoms with van der Waals surface area (Å²) in [6, 6.07) is 1.85. The van der Waals surface area contributed by atoms with Crippen LogP contribution in [0.25, 0.3) is 17.5 Å². The molecule has 0 atom stereocenters. The van der Waals surface area contributed by atoms with Crippen LogP contribution in [-0.2, 0) is 4.79 Å². The zero-order valence-electron chi connectivity index (χ0n) is 7.75. The fourth-order valence-electron chi connectivity index (χ4n) is 0.983. The summed E-state index contributed by atoms with van der Waals surface area (Å²) < 4.78 is 6.21. The first-order valence-corrected chi connectivity index (χ1v) is 5.81. The van der Waals surface area contributed by atoms with Crippen molar-refractivity contribution in [2.45, 2.75) is 0 Å². The summed E-state index contributed by atoms with van der Waals surface area (Å²) in [4.78, 5) is 10.3. The van der Waals surface area contributed by atoms with Gasteiger partial charge in [0.1, 0.15) is 0 Å². The number of nitrogens with zero attached hydrogens (tertiary/aromatic N) is 2. The first kappa shape index (κ1) is 11.0. The van der Waals surface area contributed by atoms with Gasteiger partial charge in [-0.2, -0.15) is 0 Å². The molecule has 0 aromatic carbocycles. The minimum Gasteiger partial charge on any atom is -0.478 e. The Morgan fingerprint density at radius 2 is 2.38 bits per heavy atom. The van der Waals surface area contributed by atoms with Crippen molar-refractivity contribution < 1.29 is 14.3 Å². The highest BCUT2D eigenvalue weighted by Gasteiger charge is 2.08. The van der Waals surface area contributed by atoms with Crippen LogP contribution in [0.3, 0.4) is 0 Å². The van der Waals surface area contributed by atoms with Crippen molar-refractivity contribution in [1.82, 2.24) is 10.2 Å². The monoisotopic (exact) mass is 300 g/mol. The third-order valence-corrected chi connectivity index (χ3v) is 3.13. The van der Waals surface area contributed by atoms with Crippen LogP contribution in [0.1, 0.15) is 5.89 Å². The van der Waals surface area contributed by atoms with Crippen molar-refractivity contribution in [2.24, 2.45) is 0 Å². The first-order chi connectivity index (χ1) is 7.65. The van der Waals surface area contributed by atoms with Crippen molar-refractivity contribution in [3.63, 3.8) is 0 Å². The van der Waals surface area contributed by atoms with E-state index >= 15 is 0 Å². The second-order valence-electron chi connectivity index (χ2n) is 2.76. The summed E-state index contributed by atoms with van der Waals surface area (Å²) in [5, 5.41) is 17.8. The van der Waals surface area contributed by atoms with Crippen molar-refractivity contribution in [2.75, 3.05) is 0 Å². The van der Waals surface area contributed by atoms with Gasteiger partial charge in [-0.3, -0.25) is 0 Å². The van der Waals surface area contributed by atoms with E-state index in [2.05, 4.69) is 26.1 Å². The standard InChI is InChI=1S/C9H5BrN2O3S/c10-6-3-5(4-16-6)9-12-11-7(15-9)1-2-8(13)14/h1-4H,(H,13,14)/b2-1+. The number of rotatable bonds is 3. The molecule has 0 aliphatic rings. The highest BCUT2D eigenvalue weighted by Crippen LogP contribution is 2.28. The Labute approximate surface area is 103 Å². The van der Waals surface area contributed by atoms with E-state index in [9.17, 15) is 4.79 Å². The molecule has 2 rings (SSSR count). The van der Waals surface area contributed by atoms with Gasteiger partial charge >= 0.3 is 5.97 Å². The smallest absolute Gasteiger partial charge is 0.328 e. The molecule has 0 radical (unpaired) electrons. The summed E-state index contributed by atoms with van der Waals surface area (Å²) >= 11 is 4.83. The maximum atomic E-state index is 10.3. The van der Waals surface area contributed by atoms with Gasteiger partial charge in [-0.05, 0) is 22.0 Å². The first-order valence-electron chi connectivity index (χ1n) is 4.14. The number of aliphatic carboxylic acids is 1. The molecule has 2 aromatic heterocycles. The van der Waals surface area contributed by atoms with Gasteiger partial charge in [-0.1, -0.05) is 0 Å². The Hall–Kier alpha value is -1.47. The summed E-state index contributed by atoms with van der Waals surface area (Å²) in [6.45, 7) is 0. The Kier molecular flexibility index (Phi) is 3.16. The van der Waals surface area contributed by atoms with Crippen LogP contribution in [0.5, 0.6) is 0 Å². The Morgan fingerprint density at radius 1 is 1.56 bits per heavy atom. The molecule has 0 spiro atoms. The van der Waals surface area contributed by atoms with Gasteiger partial charge in [0, 0.05) is 17.5 Å². The van der Waals surface area contributed by atoms with Crippen LogP contribution in [-0.4, -0.2) is 21.3 Å². The lowest BCUT2D eigenvalue weighted by Crippen LogP contribution is -1.85. The molecule has 0 aliphatic heterocycles. The fourth-order valence-corrected chi connectivity index (χ4v) is 2.11. The molecule has 1 N–H and O–H groups in total. The number of hydrogen-bond donors (Lipinski definition) is 1. The summed E-state index contributed by atoms with van der Waals surface area (Å²) in [6.07, 6.45) is 2.20. The summed E-state index contributed by atoms with van der Waals surface area (Å²) in [7, 11) is 0. The number of carbonyl (C=O) groups is 1. The molecule has 82 valence electrons. The molecule has 2 aromatic rings. The SMILES string of the molecule is O=C(O)/C=C/c1nnc(-c2csc(Br)c2)o1. The maximum Gasteiger partial charge on any atom is 0.328 e. The second-order valence-corrected chi connectivity index (χ2v) is 5.05. The lowest BCUT2D eigenvalue weighted by atomic mass is 10.3. The third-order valence-electron chi connectivity index (χ3n) is 1.62. The normalized spacial score (nSPS) is 11.1. The molecule has 0 unspecified atom stereocenters. The number of aromatic nitrogens is 2. The van der Waals surface area contributed by atoms with Crippen LogP contribution in [0.4, 0.5) is 0 Å². The van der Waals surface area contributed by atoms with Crippen LogP contribution >= 0.6 is 27.3 Å². The van der Waals surface area contributed by atoms with Crippen molar-refractivity contribution in [3.05, 3.63) is 27.2 Å². The Bertz CT molecular complexity index is 546. The summed E-state index contributed by atoms with van der Waals surface area (Å²) in [5.74, 6) is -0.523. The lowest BCUT2D eigenvalue weighted by molar-refractivity contribution is -0.131. The lowest BCUT2D eigenvalue weighted by Gasteiger charge is -1.84. The van der Waals surface area contributed by atoms with E-state index in [4.69, 9.17) is 9.52 Å². The average molecular weight is 301 g/mol. The van der Waals surface area contributed by atoms with Crippen LogP contribution in [0.15, 0.2) is 25.7 Å². The molecule has 0 bridgehead atoms. The van der Waals surface area contributed by atoms with Gasteiger partial charge in [0.2, 0.25) is 11.8 Å². The molecule has 2 heterocycles. The van der Waals surface area contributed by atoms with Gasteiger partial charge in [0.25, 0.3) is 0 Å². The van der Waals surface area contributed by atoms with Crippen molar-refractivity contribution >= 4 is 39.3 Å². The van der Waals surface area contributed by atoms with E-state index in [1.807, 2.05) is 11.4 Å². The van der Waals surface area contributed by atoms with Gasteiger partial charge in [0.05, 0.1) is 9.35 Å². The predicted molar refractivity (Wildman–Crippen MR) is 62.0 cm³/mol. The van der Waals surface area contributed by atoms with Gasteiger partial charge in [-0.15, -0.1) is 21.5 Å². The highest BCUT2D eigenvalue weighted by atomic mass is 79.9. The van der Waals surface area contributed by atoms with Gasteiger partial charge < -0.3 is 9.52 Å². The van der Waals surface area contributed by atoms with Crippen molar-refractivity contribution in [1.29, 1.82) is 0 Å². The zero-order valence-corrected chi connectivity index (χ0v) is 10.2.